The first-order chi connectivity index (χ1) is 18.6. The van der Waals surface area contributed by atoms with E-state index < -0.39 is 29.0 Å². The lowest BCUT2D eigenvalue weighted by Crippen LogP contribution is -2.16. The van der Waals surface area contributed by atoms with Gasteiger partial charge in [0.05, 0.1) is 29.9 Å². The number of aromatic amines is 1. The molecule has 39 heavy (non-hydrogen) atoms. The van der Waals surface area contributed by atoms with E-state index in [-0.39, 0.29) is 5.69 Å². The topological polar surface area (TPSA) is 96.0 Å². The fraction of sp³-hybridized carbons (Fsp3) is 0.111. The average molecular weight is 536 g/mol. The second-order valence-electron chi connectivity index (χ2n) is 8.54. The van der Waals surface area contributed by atoms with Gasteiger partial charge in [0.25, 0.3) is 5.91 Å². The summed E-state index contributed by atoms with van der Waals surface area (Å²) in [6, 6.07) is 13.9. The van der Waals surface area contributed by atoms with Crippen molar-refractivity contribution in [1.82, 2.24) is 20.2 Å². The highest BCUT2D eigenvalue weighted by molar-refractivity contribution is 6.05. The summed E-state index contributed by atoms with van der Waals surface area (Å²) < 4.78 is 58.6. The lowest BCUT2D eigenvalue weighted by Gasteiger charge is -2.27. The lowest BCUT2D eigenvalue weighted by molar-refractivity contribution is -0.137. The molecular formula is C27H20F4N6O2. The van der Waals surface area contributed by atoms with E-state index in [4.69, 9.17) is 4.74 Å². The number of halogens is 4. The molecule has 0 radical (unpaired) electrons. The average Bonchev–Trinajstić information content (AvgIpc) is 3.40. The number of nitrogens with zero attached hydrogens (tertiary/aromatic N) is 4. The van der Waals surface area contributed by atoms with Gasteiger partial charge in [0.15, 0.2) is 11.5 Å². The van der Waals surface area contributed by atoms with E-state index in [0.29, 0.717) is 46.1 Å². The van der Waals surface area contributed by atoms with Crippen LogP contribution < -0.4 is 15.0 Å². The van der Waals surface area contributed by atoms with E-state index in [1.54, 1.807) is 43.6 Å². The van der Waals surface area contributed by atoms with Crippen LogP contribution in [0.4, 0.5) is 40.4 Å². The number of methoxy groups -OCH3 is 1. The summed E-state index contributed by atoms with van der Waals surface area (Å²) in [5.74, 6) is -0.936. The molecule has 0 saturated heterocycles. The third-order valence-corrected chi connectivity index (χ3v) is 5.96. The Hall–Kier alpha value is -5.00. The third-order valence-electron chi connectivity index (χ3n) is 5.96. The lowest BCUT2D eigenvalue weighted by atomic mass is 10.1. The molecule has 12 heteroatoms. The zero-order chi connectivity index (χ0) is 27.7. The molecule has 8 nitrogen and oxygen atoms in total. The Morgan fingerprint density at radius 3 is 2.51 bits per heavy atom. The molecule has 0 saturated carbocycles. The molecule has 1 amide bonds. The summed E-state index contributed by atoms with van der Waals surface area (Å²) in [6.07, 6.45) is -1.83. The SMILES string of the molecule is COc1ccc(N(c2cc(NC(=O)c3cc(F)cc(C(F)(F)F)c3)ccc2C)c2ncnc3[nH]ncc23)cc1. The van der Waals surface area contributed by atoms with Crippen LogP contribution >= 0.6 is 0 Å². The number of anilines is 4. The first kappa shape index (κ1) is 25.6. The Bertz CT molecular complexity index is 1670. The van der Waals surface area contributed by atoms with Gasteiger partial charge in [-0.15, -0.1) is 0 Å². The van der Waals surface area contributed by atoms with Crippen molar-refractivity contribution in [1.29, 1.82) is 0 Å². The summed E-state index contributed by atoms with van der Waals surface area (Å²) in [7, 11) is 1.55. The van der Waals surface area contributed by atoms with Crippen molar-refractivity contribution in [2.45, 2.75) is 13.1 Å². The maximum absolute atomic E-state index is 13.9. The van der Waals surface area contributed by atoms with Gasteiger partial charge in [0.2, 0.25) is 0 Å². The van der Waals surface area contributed by atoms with Crippen molar-refractivity contribution >= 4 is 39.8 Å². The fourth-order valence-electron chi connectivity index (χ4n) is 4.05. The van der Waals surface area contributed by atoms with Crippen molar-refractivity contribution in [2.24, 2.45) is 0 Å². The second-order valence-corrected chi connectivity index (χ2v) is 8.54. The molecule has 5 rings (SSSR count). The second kappa shape index (κ2) is 10.0. The molecule has 3 aromatic carbocycles. The third kappa shape index (κ3) is 5.21. The van der Waals surface area contributed by atoms with E-state index in [1.165, 1.54) is 6.33 Å². The Balaban J connectivity index is 1.57. The fourth-order valence-corrected chi connectivity index (χ4v) is 4.05. The molecule has 0 fully saturated rings. The molecular weight excluding hydrogens is 516 g/mol. The molecule has 5 aromatic rings. The minimum Gasteiger partial charge on any atom is -0.497 e. The number of hydrogen-bond acceptors (Lipinski definition) is 6. The number of alkyl halides is 3. The van der Waals surface area contributed by atoms with Gasteiger partial charge < -0.3 is 10.1 Å². The van der Waals surface area contributed by atoms with Gasteiger partial charge in [0, 0.05) is 16.9 Å². The molecule has 2 aromatic heterocycles. The monoisotopic (exact) mass is 536 g/mol. The predicted molar refractivity (Wildman–Crippen MR) is 137 cm³/mol. The molecule has 0 bridgehead atoms. The molecule has 198 valence electrons. The molecule has 0 aliphatic rings. The Labute approximate surface area is 219 Å². The highest BCUT2D eigenvalue weighted by atomic mass is 19.4. The van der Waals surface area contributed by atoms with Crippen LogP contribution in [0.15, 0.2) is 73.2 Å². The Kier molecular flexibility index (Phi) is 6.60. The van der Waals surface area contributed by atoms with Crippen molar-refractivity contribution in [3.63, 3.8) is 0 Å². The number of amides is 1. The molecule has 0 aliphatic heterocycles. The van der Waals surface area contributed by atoms with Crippen LogP contribution in [-0.2, 0) is 6.18 Å². The van der Waals surface area contributed by atoms with Crippen LogP contribution in [0.2, 0.25) is 0 Å². The van der Waals surface area contributed by atoms with Crippen LogP contribution in [-0.4, -0.2) is 33.2 Å². The number of ether oxygens (including phenoxy) is 1. The highest BCUT2D eigenvalue weighted by Gasteiger charge is 2.32. The van der Waals surface area contributed by atoms with Crippen LogP contribution in [0.25, 0.3) is 11.0 Å². The Morgan fingerprint density at radius 1 is 1.03 bits per heavy atom. The van der Waals surface area contributed by atoms with Gasteiger partial charge in [-0.1, -0.05) is 6.07 Å². The minimum atomic E-state index is -4.80. The van der Waals surface area contributed by atoms with E-state index >= 15 is 0 Å². The van der Waals surface area contributed by atoms with Crippen LogP contribution in [0, 0.1) is 12.7 Å². The number of carbonyl (C=O) groups excluding carboxylic acids is 1. The first-order valence-corrected chi connectivity index (χ1v) is 11.5. The van der Waals surface area contributed by atoms with Gasteiger partial charge >= 0.3 is 6.18 Å². The quantitative estimate of drug-likeness (QED) is 0.239. The predicted octanol–water partition coefficient (Wildman–Crippen LogP) is 6.55. The van der Waals surface area contributed by atoms with Gasteiger partial charge in [-0.05, 0) is 67.1 Å². The molecule has 0 spiro atoms. The number of hydrogen-bond donors (Lipinski definition) is 2. The van der Waals surface area contributed by atoms with Crippen molar-refractivity contribution < 1.29 is 27.1 Å². The minimum absolute atomic E-state index is 0.273. The standard InChI is InChI=1S/C27H20F4N6O2/c1-15-3-4-19(35-26(38)16-9-17(27(29,30)31)11-18(28)10-16)12-23(15)37(20-5-7-21(39-2)8-6-20)25-22-13-34-36-24(22)32-14-33-25/h3-14H,1-2H3,(H,35,38)(H,32,33,34,36). The van der Waals surface area contributed by atoms with Crippen LogP contribution in [0.3, 0.4) is 0 Å². The van der Waals surface area contributed by atoms with E-state index in [0.717, 1.165) is 11.6 Å². The first-order valence-electron chi connectivity index (χ1n) is 11.5. The largest absolute Gasteiger partial charge is 0.497 e. The molecule has 0 aliphatic carbocycles. The number of fused-ring (bicyclic) bond motifs is 1. The van der Waals surface area contributed by atoms with Crippen molar-refractivity contribution in [2.75, 3.05) is 17.3 Å². The van der Waals surface area contributed by atoms with Gasteiger partial charge in [-0.3, -0.25) is 14.8 Å². The molecule has 0 unspecified atom stereocenters. The summed E-state index contributed by atoms with van der Waals surface area (Å²) in [5.41, 5.74) is 1.16. The maximum atomic E-state index is 13.9. The van der Waals surface area contributed by atoms with Crippen molar-refractivity contribution in [3.05, 3.63) is 95.7 Å². The number of rotatable bonds is 6. The normalized spacial score (nSPS) is 11.4. The maximum Gasteiger partial charge on any atom is 0.416 e. The number of nitrogens with one attached hydrogen (secondary N) is 2. The van der Waals surface area contributed by atoms with E-state index in [2.05, 4.69) is 25.5 Å². The number of aromatic nitrogens is 4. The smallest absolute Gasteiger partial charge is 0.416 e. The van der Waals surface area contributed by atoms with Gasteiger partial charge in [0.1, 0.15) is 17.9 Å². The van der Waals surface area contributed by atoms with Gasteiger partial charge in [-0.25, -0.2) is 14.4 Å². The van der Waals surface area contributed by atoms with Gasteiger partial charge in [-0.2, -0.15) is 18.3 Å². The Morgan fingerprint density at radius 2 is 1.79 bits per heavy atom. The zero-order valence-electron chi connectivity index (χ0n) is 20.5. The van der Waals surface area contributed by atoms with Crippen LogP contribution in [0.1, 0.15) is 21.5 Å². The number of H-pyrrole nitrogens is 1. The molecule has 2 heterocycles. The number of aryl methyl sites for hydroxylation is 1. The van der Waals surface area contributed by atoms with E-state index in [1.807, 2.05) is 24.0 Å². The molecule has 2 N–H and O–H groups in total. The highest BCUT2D eigenvalue weighted by Crippen LogP contribution is 2.40. The zero-order valence-corrected chi connectivity index (χ0v) is 20.5. The summed E-state index contributed by atoms with van der Waals surface area (Å²) in [5, 5.41) is 10.1. The van der Waals surface area contributed by atoms with Crippen LogP contribution in [0.5, 0.6) is 5.75 Å². The summed E-state index contributed by atoms with van der Waals surface area (Å²) in [4.78, 5) is 23.4. The van der Waals surface area contributed by atoms with E-state index in [9.17, 15) is 22.4 Å². The summed E-state index contributed by atoms with van der Waals surface area (Å²) >= 11 is 0. The van der Waals surface area contributed by atoms with Crippen molar-refractivity contribution in [3.8, 4) is 5.75 Å². The summed E-state index contributed by atoms with van der Waals surface area (Å²) in [6.45, 7) is 1.85. The molecule has 0 atom stereocenters. The number of carbonyl (C=O) groups is 1. The number of benzene rings is 3.